The van der Waals surface area contributed by atoms with Gasteiger partial charge in [-0.3, -0.25) is 0 Å². The molecule has 4 bridgehead atoms. The fraction of sp³-hybridized carbons (Fsp3) is 0.733. The van der Waals surface area contributed by atoms with Crippen molar-refractivity contribution in [3.8, 4) is 0 Å². The standard InChI is InChI=1S/C15H18BrN5O/c1-9-18-19-12(22-9)14-3-10-2-11(4-14)6-15(5-10,7-14)21-8-17-13(16)20-21/h8,10-11H,2-7H2,1H3. The van der Waals surface area contributed by atoms with E-state index < -0.39 is 0 Å². The zero-order chi connectivity index (χ0) is 14.9. The van der Waals surface area contributed by atoms with E-state index >= 15 is 0 Å². The molecule has 2 atom stereocenters. The maximum Gasteiger partial charge on any atom is 0.222 e. The average Bonchev–Trinajstić information content (AvgIpc) is 3.07. The second-order valence-electron chi connectivity index (χ2n) is 7.55. The lowest BCUT2D eigenvalue weighted by atomic mass is 9.47. The van der Waals surface area contributed by atoms with E-state index in [4.69, 9.17) is 4.42 Å². The first-order valence-electron chi connectivity index (χ1n) is 7.95. The number of halogens is 1. The first-order chi connectivity index (χ1) is 10.6. The molecule has 7 heteroatoms. The van der Waals surface area contributed by atoms with Crippen molar-refractivity contribution in [1.82, 2.24) is 25.0 Å². The number of aryl methyl sites for hydroxylation is 1. The van der Waals surface area contributed by atoms with Crippen LogP contribution >= 0.6 is 15.9 Å². The highest BCUT2D eigenvalue weighted by Crippen LogP contribution is 2.64. The van der Waals surface area contributed by atoms with Gasteiger partial charge in [0.05, 0.1) is 11.0 Å². The lowest BCUT2D eigenvalue weighted by Crippen LogP contribution is -2.58. The fourth-order valence-corrected chi connectivity index (χ4v) is 5.98. The third kappa shape index (κ3) is 1.71. The first-order valence-corrected chi connectivity index (χ1v) is 8.75. The van der Waals surface area contributed by atoms with Gasteiger partial charge < -0.3 is 4.42 Å². The highest BCUT2D eigenvalue weighted by Gasteiger charge is 2.61. The van der Waals surface area contributed by atoms with Crippen LogP contribution in [-0.2, 0) is 11.0 Å². The molecule has 4 saturated carbocycles. The van der Waals surface area contributed by atoms with E-state index in [0.717, 1.165) is 24.1 Å². The van der Waals surface area contributed by atoms with Crippen LogP contribution in [0.3, 0.4) is 0 Å². The molecule has 0 aliphatic heterocycles. The van der Waals surface area contributed by atoms with Gasteiger partial charge in [0.25, 0.3) is 0 Å². The van der Waals surface area contributed by atoms with Gasteiger partial charge in [-0.15, -0.1) is 15.3 Å². The Kier molecular flexibility index (Phi) is 2.52. The normalized spacial score (nSPS) is 39.5. The topological polar surface area (TPSA) is 69.6 Å². The molecule has 0 saturated heterocycles. The van der Waals surface area contributed by atoms with Crippen LogP contribution in [-0.4, -0.2) is 25.0 Å². The zero-order valence-corrected chi connectivity index (χ0v) is 14.1. The summed E-state index contributed by atoms with van der Waals surface area (Å²) < 4.78 is 8.65. The summed E-state index contributed by atoms with van der Waals surface area (Å²) in [5.74, 6) is 2.99. The molecular weight excluding hydrogens is 346 g/mol. The van der Waals surface area contributed by atoms with Crippen molar-refractivity contribution in [3.63, 3.8) is 0 Å². The van der Waals surface area contributed by atoms with Crippen LogP contribution in [0.5, 0.6) is 0 Å². The van der Waals surface area contributed by atoms with Crippen molar-refractivity contribution in [1.29, 1.82) is 0 Å². The second-order valence-corrected chi connectivity index (χ2v) is 8.26. The van der Waals surface area contributed by atoms with Gasteiger partial charge in [-0.1, -0.05) is 0 Å². The van der Waals surface area contributed by atoms with Crippen LogP contribution in [0.4, 0.5) is 0 Å². The average molecular weight is 364 g/mol. The van der Waals surface area contributed by atoms with Crippen molar-refractivity contribution in [2.24, 2.45) is 11.8 Å². The number of rotatable bonds is 2. The number of hydrogen-bond donors (Lipinski definition) is 0. The van der Waals surface area contributed by atoms with Gasteiger partial charge in [0.2, 0.25) is 16.5 Å². The molecule has 0 N–H and O–H groups in total. The molecule has 0 spiro atoms. The molecule has 6 rings (SSSR count). The molecule has 2 unspecified atom stereocenters. The molecule has 2 aromatic heterocycles. The smallest absolute Gasteiger partial charge is 0.222 e. The van der Waals surface area contributed by atoms with E-state index in [2.05, 4.69) is 40.9 Å². The Hall–Kier alpha value is -1.24. The molecule has 22 heavy (non-hydrogen) atoms. The summed E-state index contributed by atoms with van der Waals surface area (Å²) in [4.78, 5) is 4.29. The summed E-state index contributed by atoms with van der Waals surface area (Å²) in [6.07, 6.45) is 9.04. The zero-order valence-electron chi connectivity index (χ0n) is 12.5. The molecule has 0 aromatic carbocycles. The lowest BCUT2D eigenvalue weighted by molar-refractivity contribution is -0.0776. The third-order valence-electron chi connectivity index (χ3n) is 5.96. The molecule has 2 aromatic rings. The second kappa shape index (κ2) is 4.19. The van der Waals surface area contributed by atoms with Crippen molar-refractivity contribution in [2.45, 2.75) is 56.4 Å². The van der Waals surface area contributed by atoms with Gasteiger partial charge in [0.15, 0.2) is 0 Å². The van der Waals surface area contributed by atoms with E-state index in [0.29, 0.717) is 10.6 Å². The van der Waals surface area contributed by atoms with Crippen molar-refractivity contribution in [2.75, 3.05) is 0 Å². The molecule has 116 valence electrons. The van der Waals surface area contributed by atoms with Gasteiger partial charge in [0.1, 0.15) is 6.33 Å². The predicted molar refractivity (Wildman–Crippen MR) is 81.1 cm³/mol. The Morgan fingerprint density at radius 2 is 2.00 bits per heavy atom. The molecule has 2 heterocycles. The van der Waals surface area contributed by atoms with Gasteiger partial charge in [-0.2, -0.15) is 0 Å². The van der Waals surface area contributed by atoms with Gasteiger partial charge >= 0.3 is 0 Å². The SMILES string of the molecule is Cc1nnc(C23CC4CC(C2)CC(n2cnc(Br)n2)(C4)C3)o1. The van der Waals surface area contributed by atoms with Crippen molar-refractivity contribution < 1.29 is 4.42 Å². The molecule has 0 radical (unpaired) electrons. The summed E-state index contributed by atoms with van der Waals surface area (Å²) in [7, 11) is 0. The van der Waals surface area contributed by atoms with Gasteiger partial charge in [0, 0.05) is 6.92 Å². The summed E-state index contributed by atoms with van der Waals surface area (Å²) in [5.41, 5.74) is 0.120. The molecule has 0 amide bonds. The van der Waals surface area contributed by atoms with Gasteiger partial charge in [-0.05, 0) is 66.3 Å². The first kappa shape index (κ1) is 13.2. The number of hydrogen-bond acceptors (Lipinski definition) is 5. The molecule has 4 aliphatic carbocycles. The molecule has 4 aliphatic rings. The van der Waals surface area contributed by atoms with E-state index in [1.165, 1.54) is 32.1 Å². The Labute approximate surface area is 136 Å². The molecule has 6 nitrogen and oxygen atoms in total. The monoisotopic (exact) mass is 363 g/mol. The van der Waals surface area contributed by atoms with E-state index in [1.54, 1.807) is 0 Å². The Morgan fingerprint density at radius 1 is 1.23 bits per heavy atom. The fourth-order valence-electron chi connectivity index (χ4n) is 5.71. The molecular formula is C15H18BrN5O. The summed E-state index contributed by atoms with van der Waals surface area (Å²) >= 11 is 3.39. The summed E-state index contributed by atoms with van der Waals surface area (Å²) in [6.45, 7) is 1.88. The van der Waals surface area contributed by atoms with Crippen LogP contribution in [0.2, 0.25) is 0 Å². The van der Waals surface area contributed by atoms with Crippen molar-refractivity contribution in [3.05, 3.63) is 22.8 Å². The Bertz CT molecular complexity index is 666. The van der Waals surface area contributed by atoms with Crippen LogP contribution in [0.15, 0.2) is 15.5 Å². The Morgan fingerprint density at radius 3 is 2.59 bits per heavy atom. The van der Waals surface area contributed by atoms with E-state index in [-0.39, 0.29) is 11.0 Å². The minimum atomic E-state index is 0.0454. The quantitative estimate of drug-likeness (QED) is 0.820. The van der Waals surface area contributed by atoms with E-state index in [1.807, 2.05) is 13.3 Å². The highest BCUT2D eigenvalue weighted by molar-refractivity contribution is 9.10. The Balaban J connectivity index is 1.62. The van der Waals surface area contributed by atoms with E-state index in [9.17, 15) is 0 Å². The van der Waals surface area contributed by atoms with Crippen LogP contribution in [0.1, 0.15) is 50.3 Å². The van der Waals surface area contributed by atoms with Gasteiger partial charge in [-0.25, -0.2) is 9.67 Å². The number of nitrogens with zero attached hydrogens (tertiary/aromatic N) is 5. The largest absolute Gasteiger partial charge is 0.425 e. The predicted octanol–water partition coefficient (Wildman–Crippen LogP) is 2.98. The minimum Gasteiger partial charge on any atom is -0.425 e. The van der Waals surface area contributed by atoms with Crippen molar-refractivity contribution >= 4 is 15.9 Å². The minimum absolute atomic E-state index is 0.0454. The molecule has 4 fully saturated rings. The van der Waals surface area contributed by atoms with Crippen LogP contribution in [0.25, 0.3) is 0 Å². The summed E-state index contributed by atoms with van der Waals surface area (Å²) in [6, 6.07) is 0. The maximum absolute atomic E-state index is 5.88. The summed E-state index contributed by atoms with van der Waals surface area (Å²) in [5, 5.41) is 13.1. The highest BCUT2D eigenvalue weighted by atomic mass is 79.9. The van der Waals surface area contributed by atoms with Crippen LogP contribution < -0.4 is 0 Å². The van der Waals surface area contributed by atoms with Crippen LogP contribution in [0, 0.1) is 18.8 Å². The number of aromatic nitrogens is 5. The third-order valence-corrected chi connectivity index (χ3v) is 6.32. The lowest BCUT2D eigenvalue weighted by Gasteiger charge is -2.60. The maximum atomic E-state index is 5.88.